The molecule has 0 saturated heterocycles. The molecule has 1 heterocycles. The molecule has 1 atom stereocenters. The predicted molar refractivity (Wildman–Crippen MR) is 101 cm³/mol. The van der Waals surface area contributed by atoms with Gasteiger partial charge in [0, 0.05) is 13.3 Å². The fourth-order valence-electron chi connectivity index (χ4n) is 2.91. The third-order valence-electron chi connectivity index (χ3n) is 4.26. The first-order chi connectivity index (χ1) is 14.3. The first kappa shape index (κ1) is 20.8. The Morgan fingerprint density at radius 2 is 1.70 bits per heavy atom. The predicted octanol–water partition coefficient (Wildman–Crippen LogP) is 2.92. The number of aryl methyl sites for hydroxylation is 1. The number of nitrogens with zero attached hydrogens (tertiary/aromatic N) is 1. The van der Waals surface area contributed by atoms with Gasteiger partial charge in [0.25, 0.3) is 11.7 Å². The van der Waals surface area contributed by atoms with Gasteiger partial charge in [0.1, 0.15) is 23.4 Å². The first-order valence-electron chi connectivity index (χ1n) is 8.81. The van der Waals surface area contributed by atoms with Gasteiger partial charge in [0.05, 0.1) is 5.56 Å². The van der Waals surface area contributed by atoms with Crippen molar-refractivity contribution in [2.45, 2.75) is 19.4 Å². The molecule has 9 heteroatoms. The number of halogens is 2. The fourth-order valence-corrected chi connectivity index (χ4v) is 2.91. The van der Waals surface area contributed by atoms with Crippen LogP contribution in [0.15, 0.2) is 52.9 Å². The number of carboxylic acids is 1. The van der Waals surface area contributed by atoms with Crippen molar-refractivity contribution in [2.24, 2.45) is 0 Å². The number of oxazole rings is 1. The number of aromatic nitrogens is 1. The van der Waals surface area contributed by atoms with Crippen LogP contribution in [0.5, 0.6) is 0 Å². The molecule has 1 amide bonds. The molecular weight excluding hydrogens is 398 g/mol. The summed E-state index contributed by atoms with van der Waals surface area (Å²) in [6, 6.07) is 10.2. The number of rotatable bonds is 7. The second-order valence-electron chi connectivity index (χ2n) is 6.39. The molecule has 2 N–H and O–H groups in total. The summed E-state index contributed by atoms with van der Waals surface area (Å²) < 4.78 is 33.6. The van der Waals surface area contributed by atoms with Crippen LogP contribution in [0.4, 0.5) is 8.78 Å². The largest absolute Gasteiger partial charge is 0.475 e. The van der Waals surface area contributed by atoms with Crippen LogP contribution in [0.3, 0.4) is 0 Å². The van der Waals surface area contributed by atoms with E-state index in [0.29, 0.717) is 5.56 Å². The number of amides is 1. The molecule has 1 aromatic heterocycles. The zero-order valence-electron chi connectivity index (χ0n) is 15.7. The molecule has 3 aromatic rings. The molecule has 30 heavy (non-hydrogen) atoms. The van der Waals surface area contributed by atoms with Gasteiger partial charge in [0.2, 0.25) is 5.76 Å². The quantitative estimate of drug-likeness (QED) is 0.576. The number of nitrogens with one attached hydrogen (secondary N) is 1. The second kappa shape index (κ2) is 8.64. The normalized spacial score (nSPS) is 11.7. The minimum Gasteiger partial charge on any atom is -0.475 e. The number of Topliss-reactive ketones (excluding diaryl/α,β-unsaturated/α-hetero) is 1. The molecule has 0 aliphatic heterocycles. The van der Waals surface area contributed by atoms with Gasteiger partial charge >= 0.3 is 5.97 Å². The maximum absolute atomic E-state index is 14.2. The lowest BCUT2D eigenvalue weighted by molar-refractivity contribution is -0.149. The van der Waals surface area contributed by atoms with Crippen LogP contribution in [0.1, 0.15) is 22.0 Å². The Morgan fingerprint density at radius 3 is 2.30 bits per heavy atom. The summed E-state index contributed by atoms with van der Waals surface area (Å²) in [4.78, 5) is 40.0. The molecule has 0 spiro atoms. The van der Waals surface area contributed by atoms with E-state index in [9.17, 15) is 23.2 Å². The van der Waals surface area contributed by atoms with Crippen molar-refractivity contribution in [1.29, 1.82) is 0 Å². The second-order valence-corrected chi connectivity index (χ2v) is 6.39. The molecule has 3 rings (SSSR count). The van der Waals surface area contributed by atoms with E-state index in [0.717, 1.165) is 18.2 Å². The number of hydrogen-bond acceptors (Lipinski definition) is 5. The number of hydrogen-bond donors (Lipinski definition) is 2. The average Bonchev–Trinajstić information content (AvgIpc) is 3.09. The smallest absolute Gasteiger partial charge is 0.374 e. The first-order valence-corrected chi connectivity index (χ1v) is 8.81. The maximum atomic E-state index is 14.2. The average molecular weight is 414 g/mol. The van der Waals surface area contributed by atoms with Gasteiger partial charge in [0.15, 0.2) is 5.89 Å². The third-order valence-corrected chi connectivity index (χ3v) is 4.26. The minimum atomic E-state index is -1.73. The zero-order chi connectivity index (χ0) is 21.8. The monoisotopic (exact) mass is 414 g/mol. The Morgan fingerprint density at radius 1 is 1.07 bits per heavy atom. The van der Waals surface area contributed by atoms with Crippen molar-refractivity contribution >= 4 is 17.7 Å². The molecule has 0 fully saturated rings. The van der Waals surface area contributed by atoms with Gasteiger partial charge < -0.3 is 14.8 Å². The number of benzene rings is 2. The van der Waals surface area contributed by atoms with Gasteiger partial charge in [-0.3, -0.25) is 9.59 Å². The molecule has 154 valence electrons. The molecule has 0 bridgehead atoms. The number of ketones is 1. The zero-order valence-corrected chi connectivity index (χ0v) is 15.7. The fraction of sp³-hybridized carbons (Fsp3) is 0.143. The number of carboxylic acid groups (broad SMARTS) is 1. The van der Waals surface area contributed by atoms with Crippen molar-refractivity contribution in [3.63, 3.8) is 0 Å². The molecule has 7 nitrogen and oxygen atoms in total. The molecule has 0 aliphatic carbocycles. The topological polar surface area (TPSA) is 110 Å². The summed E-state index contributed by atoms with van der Waals surface area (Å²) in [5.41, 5.74) is -0.350. The SMILES string of the molecule is Cc1nc(-c2c(F)cccc2F)c(C(=O)NC(Cc2ccccc2)C(=O)C(=O)O)o1. The molecule has 0 aliphatic rings. The van der Waals surface area contributed by atoms with E-state index >= 15 is 0 Å². The van der Waals surface area contributed by atoms with E-state index in [1.807, 2.05) is 0 Å². The lowest BCUT2D eigenvalue weighted by atomic mass is 10.0. The minimum absolute atomic E-state index is 0.0398. The van der Waals surface area contributed by atoms with E-state index in [-0.39, 0.29) is 18.0 Å². The van der Waals surface area contributed by atoms with Gasteiger partial charge in [-0.1, -0.05) is 36.4 Å². The van der Waals surface area contributed by atoms with Crippen molar-refractivity contribution in [2.75, 3.05) is 0 Å². The number of aliphatic carboxylic acids is 1. The molecule has 0 saturated carbocycles. The maximum Gasteiger partial charge on any atom is 0.374 e. The van der Waals surface area contributed by atoms with Crippen LogP contribution >= 0.6 is 0 Å². The standard InChI is InChI=1S/C21H16F2N2O5/c1-11-24-17(16-13(22)8-5-9-14(16)23)19(30-11)20(27)25-15(18(26)21(28)29)10-12-6-3-2-4-7-12/h2-9,15H,10H2,1H3,(H,25,27)(H,28,29). The van der Waals surface area contributed by atoms with Crippen LogP contribution in [0.25, 0.3) is 11.3 Å². The van der Waals surface area contributed by atoms with Crippen LogP contribution in [0.2, 0.25) is 0 Å². The third kappa shape index (κ3) is 4.40. The lowest BCUT2D eigenvalue weighted by Crippen LogP contribution is -2.45. The summed E-state index contributed by atoms with van der Waals surface area (Å²) in [6.07, 6.45) is -0.103. The van der Waals surface area contributed by atoms with Crippen LogP contribution in [-0.2, 0) is 16.0 Å². The van der Waals surface area contributed by atoms with Crippen LogP contribution in [-0.4, -0.2) is 33.8 Å². The van der Waals surface area contributed by atoms with E-state index in [2.05, 4.69) is 10.3 Å². The van der Waals surface area contributed by atoms with Crippen molar-refractivity contribution in [3.05, 3.63) is 77.4 Å². The van der Waals surface area contributed by atoms with Gasteiger partial charge in [-0.05, 0) is 17.7 Å². The highest BCUT2D eigenvalue weighted by Gasteiger charge is 2.31. The molecule has 0 radical (unpaired) electrons. The summed E-state index contributed by atoms with van der Waals surface area (Å²) >= 11 is 0. The van der Waals surface area contributed by atoms with Crippen LogP contribution in [0, 0.1) is 18.6 Å². The summed E-state index contributed by atoms with van der Waals surface area (Å²) in [5.74, 6) is -6.49. The van der Waals surface area contributed by atoms with Crippen molar-refractivity contribution in [1.82, 2.24) is 10.3 Å². The number of carbonyl (C=O) groups is 3. The highest BCUT2D eigenvalue weighted by Crippen LogP contribution is 2.29. The Bertz CT molecular complexity index is 1090. The lowest BCUT2D eigenvalue weighted by Gasteiger charge is -2.15. The van der Waals surface area contributed by atoms with E-state index in [4.69, 9.17) is 9.52 Å². The molecule has 1 unspecified atom stereocenters. The summed E-state index contributed by atoms with van der Waals surface area (Å²) in [5, 5.41) is 11.4. The summed E-state index contributed by atoms with van der Waals surface area (Å²) in [7, 11) is 0. The highest BCUT2D eigenvalue weighted by atomic mass is 19.1. The Hall–Kier alpha value is -3.88. The van der Waals surface area contributed by atoms with Crippen LogP contribution < -0.4 is 5.32 Å². The Balaban J connectivity index is 1.95. The van der Waals surface area contributed by atoms with Gasteiger partial charge in [-0.15, -0.1) is 0 Å². The van der Waals surface area contributed by atoms with Crippen molar-refractivity contribution in [3.8, 4) is 11.3 Å². The highest BCUT2D eigenvalue weighted by molar-refractivity contribution is 6.35. The van der Waals surface area contributed by atoms with E-state index in [1.54, 1.807) is 30.3 Å². The van der Waals surface area contributed by atoms with Gasteiger partial charge in [-0.25, -0.2) is 18.6 Å². The summed E-state index contributed by atoms with van der Waals surface area (Å²) in [6.45, 7) is 1.38. The van der Waals surface area contributed by atoms with E-state index < -0.39 is 46.7 Å². The van der Waals surface area contributed by atoms with Crippen molar-refractivity contribution < 1.29 is 32.7 Å². The Kier molecular flexibility index (Phi) is 6.01. The van der Waals surface area contributed by atoms with Gasteiger partial charge in [-0.2, -0.15) is 0 Å². The molecule has 2 aromatic carbocycles. The van der Waals surface area contributed by atoms with E-state index in [1.165, 1.54) is 6.92 Å². The number of carbonyl (C=O) groups excluding carboxylic acids is 2. The molecular formula is C21H16F2N2O5. The Labute approximate surface area is 169 Å².